The van der Waals surface area contributed by atoms with Crippen molar-refractivity contribution in [3.63, 3.8) is 0 Å². The van der Waals surface area contributed by atoms with Gasteiger partial charge in [-0.2, -0.15) is 26.3 Å². The molecular weight excluding hydrogens is 222 g/mol. The van der Waals surface area contributed by atoms with Crippen molar-refractivity contribution in [3.8, 4) is 0 Å². The zero-order valence-corrected chi connectivity index (χ0v) is 7.21. The molecule has 0 aliphatic rings. The Morgan fingerprint density at radius 2 is 1.40 bits per heavy atom. The van der Waals surface area contributed by atoms with Crippen LogP contribution in [0.3, 0.4) is 0 Å². The molecule has 83 valence electrons. The van der Waals surface area contributed by atoms with Gasteiger partial charge in [-0.25, -0.2) is 0 Å². The van der Waals surface area contributed by atoms with E-state index in [2.05, 4.69) is 6.92 Å². The number of rotatable bonds is 0. The first kappa shape index (κ1) is 11.9. The van der Waals surface area contributed by atoms with Gasteiger partial charge < -0.3 is 0 Å². The fraction of sp³-hybridized carbons (Fsp3) is 0.222. The van der Waals surface area contributed by atoms with Crippen molar-refractivity contribution < 1.29 is 26.3 Å². The van der Waals surface area contributed by atoms with E-state index in [0.29, 0.717) is 12.1 Å². The van der Waals surface area contributed by atoms with Crippen LogP contribution in [0.4, 0.5) is 26.3 Å². The molecule has 6 heteroatoms. The summed E-state index contributed by atoms with van der Waals surface area (Å²) in [5.74, 6) is 0. The summed E-state index contributed by atoms with van der Waals surface area (Å²) in [6.07, 6.45) is -9.61. The largest absolute Gasteiger partial charge is 0.416 e. The molecule has 0 heterocycles. The fourth-order valence-electron chi connectivity index (χ4n) is 1.02. The van der Waals surface area contributed by atoms with Crippen LogP contribution < -0.4 is 0 Å². The summed E-state index contributed by atoms with van der Waals surface area (Å²) >= 11 is 0. The summed E-state index contributed by atoms with van der Waals surface area (Å²) in [4.78, 5) is 0. The number of hydrogen-bond acceptors (Lipinski definition) is 0. The maximum atomic E-state index is 12.2. The van der Waals surface area contributed by atoms with Crippen LogP contribution in [0.15, 0.2) is 18.2 Å². The molecule has 0 amide bonds. The molecule has 0 aromatic heterocycles. The molecular formula is C9H5F6. The molecule has 15 heavy (non-hydrogen) atoms. The van der Waals surface area contributed by atoms with Gasteiger partial charge >= 0.3 is 12.4 Å². The van der Waals surface area contributed by atoms with E-state index in [-0.39, 0.29) is 6.07 Å². The maximum Gasteiger partial charge on any atom is 0.416 e. The third-order valence-corrected chi connectivity index (χ3v) is 1.74. The van der Waals surface area contributed by atoms with Gasteiger partial charge in [0.1, 0.15) is 0 Å². The second-order valence-electron chi connectivity index (χ2n) is 2.87. The third kappa shape index (κ3) is 2.64. The molecule has 0 aliphatic carbocycles. The molecule has 1 radical (unpaired) electrons. The Bertz CT molecular complexity index is 360. The van der Waals surface area contributed by atoms with Crippen LogP contribution in [0.2, 0.25) is 0 Å². The molecule has 0 aliphatic heterocycles. The SMILES string of the molecule is [CH2]c1ccc(C(F)(F)F)cc1C(F)(F)F. The van der Waals surface area contributed by atoms with Crippen LogP contribution >= 0.6 is 0 Å². The van der Waals surface area contributed by atoms with Gasteiger partial charge in [-0.1, -0.05) is 6.07 Å². The van der Waals surface area contributed by atoms with E-state index in [4.69, 9.17) is 0 Å². The minimum absolute atomic E-state index is 0.0579. The lowest BCUT2D eigenvalue weighted by atomic mass is 10.0. The summed E-state index contributed by atoms with van der Waals surface area (Å²) in [6, 6.07) is 1.32. The fourth-order valence-corrected chi connectivity index (χ4v) is 1.02. The molecule has 1 aromatic carbocycles. The van der Waals surface area contributed by atoms with E-state index < -0.39 is 29.0 Å². The molecule has 0 saturated heterocycles. The normalized spacial score (nSPS) is 13.0. The maximum absolute atomic E-state index is 12.2. The molecule has 0 N–H and O–H groups in total. The van der Waals surface area contributed by atoms with Crippen molar-refractivity contribution >= 4 is 0 Å². The topological polar surface area (TPSA) is 0 Å². The summed E-state index contributed by atoms with van der Waals surface area (Å²) < 4.78 is 72.9. The zero-order valence-electron chi connectivity index (χ0n) is 7.21. The first-order chi connectivity index (χ1) is 6.62. The van der Waals surface area contributed by atoms with Crippen molar-refractivity contribution in [1.29, 1.82) is 0 Å². The highest BCUT2D eigenvalue weighted by Gasteiger charge is 2.37. The van der Waals surface area contributed by atoms with Gasteiger partial charge in [-0.3, -0.25) is 0 Å². The smallest absolute Gasteiger partial charge is 0.166 e. The van der Waals surface area contributed by atoms with E-state index in [1.165, 1.54) is 0 Å². The van der Waals surface area contributed by atoms with Crippen LogP contribution in [0, 0.1) is 6.92 Å². The summed E-state index contributed by atoms with van der Waals surface area (Å²) in [5, 5.41) is 0. The van der Waals surface area contributed by atoms with E-state index >= 15 is 0 Å². The van der Waals surface area contributed by atoms with Crippen LogP contribution in [0.25, 0.3) is 0 Å². The lowest BCUT2D eigenvalue weighted by Crippen LogP contribution is -2.12. The minimum atomic E-state index is -4.82. The van der Waals surface area contributed by atoms with Crippen LogP contribution in [-0.2, 0) is 12.4 Å². The highest BCUT2D eigenvalue weighted by atomic mass is 19.4. The Labute approximate surface area is 81.5 Å². The van der Waals surface area contributed by atoms with Crippen molar-refractivity contribution in [1.82, 2.24) is 0 Å². The monoisotopic (exact) mass is 227 g/mol. The van der Waals surface area contributed by atoms with Gasteiger partial charge in [0.15, 0.2) is 0 Å². The third-order valence-electron chi connectivity index (χ3n) is 1.74. The second-order valence-corrected chi connectivity index (χ2v) is 2.87. The molecule has 0 atom stereocenters. The molecule has 0 nitrogen and oxygen atoms in total. The Morgan fingerprint density at radius 3 is 1.80 bits per heavy atom. The number of hydrogen-bond donors (Lipinski definition) is 0. The molecule has 0 spiro atoms. The predicted molar refractivity (Wildman–Crippen MR) is 40.9 cm³/mol. The van der Waals surface area contributed by atoms with Gasteiger partial charge in [-0.15, -0.1) is 0 Å². The summed E-state index contributed by atoms with van der Waals surface area (Å²) in [6.45, 7) is 3.02. The Balaban J connectivity index is 3.30. The predicted octanol–water partition coefficient (Wildman–Crippen LogP) is 3.91. The van der Waals surface area contributed by atoms with Crippen LogP contribution in [0.1, 0.15) is 16.7 Å². The van der Waals surface area contributed by atoms with Gasteiger partial charge in [0, 0.05) is 0 Å². The second kappa shape index (κ2) is 3.43. The van der Waals surface area contributed by atoms with Gasteiger partial charge in [-0.05, 0) is 24.6 Å². The van der Waals surface area contributed by atoms with E-state index in [0.717, 1.165) is 0 Å². The average Bonchev–Trinajstić information content (AvgIpc) is 2.00. The molecule has 0 saturated carbocycles. The highest BCUT2D eigenvalue weighted by Crippen LogP contribution is 2.36. The number of benzene rings is 1. The van der Waals surface area contributed by atoms with Crippen LogP contribution in [0.5, 0.6) is 0 Å². The van der Waals surface area contributed by atoms with Crippen molar-refractivity contribution in [2.45, 2.75) is 12.4 Å². The molecule has 0 bridgehead atoms. The van der Waals surface area contributed by atoms with Crippen molar-refractivity contribution in [2.24, 2.45) is 0 Å². The zero-order chi connectivity index (χ0) is 11.9. The van der Waals surface area contributed by atoms with Gasteiger partial charge in [0.2, 0.25) is 0 Å². The molecule has 1 aromatic rings. The summed E-state index contributed by atoms with van der Waals surface area (Å²) in [7, 11) is 0. The number of alkyl halides is 6. The lowest BCUT2D eigenvalue weighted by molar-refractivity contribution is -0.143. The minimum Gasteiger partial charge on any atom is -0.166 e. The van der Waals surface area contributed by atoms with Crippen molar-refractivity contribution in [3.05, 3.63) is 41.8 Å². The average molecular weight is 227 g/mol. The van der Waals surface area contributed by atoms with Crippen molar-refractivity contribution in [2.75, 3.05) is 0 Å². The Hall–Kier alpha value is -1.20. The van der Waals surface area contributed by atoms with E-state index in [1.807, 2.05) is 0 Å². The first-order valence-electron chi connectivity index (χ1n) is 3.73. The molecule has 0 unspecified atom stereocenters. The first-order valence-corrected chi connectivity index (χ1v) is 3.73. The Morgan fingerprint density at radius 1 is 0.867 bits per heavy atom. The van der Waals surface area contributed by atoms with E-state index in [9.17, 15) is 26.3 Å². The summed E-state index contributed by atoms with van der Waals surface area (Å²) in [5.41, 5.74) is -3.17. The van der Waals surface area contributed by atoms with Crippen LogP contribution in [-0.4, -0.2) is 0 Å². The highest BCUT2D eigenvalue weighted by molar-refractivity contribution is 5.37. The van der Waals surface area contributed by atoms with Gasteiger partial charge in [0.05, 0.1) is 11.1 Å². The Kier molecular flexibility index (Phi) is 2.71. The van der Waals surface area contributed by atoms with Gasteiger partial charge in [0.25, 0.3) is 0 Å². The van der Waals surface area contributed by atoms with E-state index in [1.54, 1.807) is 0 Å². The lowest BCUT2D eigenvalue weighted by Gasteiger charge is -2.13. The standard InChI is InChI=1S/C9H5F6/c1-5-2-3-6(8(10,11)12)4-7(5)9(13,14)15/h2-4H,1H2. The quantitative estimate of drug-likeness (QED) is 0.589. The molecule has 0 fully saturated rings. The molecule has 1 rings (SSSR count). The number of halogens is 6.